The second kappa shape index (κ2) is 6.42. The quantitative estimate of drug-likeness (QED) is 0.727. The molecule has 4 N–H and O–H groups in total. The first-order valence-electron chi connectivity index (χ1n) is 6.61. The van der Waals surface area contributed by atoms with Crippen LogP contribution in [-0.2, 0) is 11.8 Å². The van der Waals surface area contributed by atoms with Crippen LogP contribution in [0.4, 0.5) is 5.69 Å². The number of rotatable bonds is 6. The number of anilines is 1. The minimum absolute atomic E-state index is 0.0146. The number of nitrogens with one attached hydrogen (secondary N) is 1. The van der Waals surface area contributed by atoms with Gasteiger partial charge in [0, 0.05) is 20.8 Å². The number of methoxy groups -OCH3 is 1. The van der Waals surface area contributed by atoms with Crippen molar-refractivity contribution in [2.45, 2.75) is 19.4 Å². The van der Waals surface area contributed by atoms with Crippen LogP contribution in [0.5, 0.6) is 0 Å². The van der Waals surface area contributed by atoms with E-state index in [1.807, 2.05) is 14.0 Å². The number of aryl methyl sites for hydroxylation is 2. The van der Waals surface area contributed by atoms with Gasteiger partial charge in [-0.05, 0) is 13.3 Å². The summed E-state index contributed by atoms with van der Waals surface area (Å²) in [5.74, 6) is -0.247. The molecule has 2 aromatic rings. The number of nitrogen functional groups attached to an aromatic ring is 1. The molecule has 8 heteroatoms. The second-order valence-electron chi connectivity index (χ2n) is 4.87. The third-order valence-corrected chi connectivity index (χ3v) is 4.54. The van der Waals surface area contributed by atoms with Crippen molar-refractivity contribution in [1.29, 1.82) is 0 Å². The van der Waals surface area contributed by atoms with Crippen molar-refractivity contribution in [2.75, 3.05) is 26.1 Å². The van der Waals surface area contributed by atoms with Crippen LogP contribution >= 0.6 is 11.3 Å². The topological polar surface area (TPSA) is 102 Å². The first kappa shape index (κ1) is 15.7. The van der Waals surface area contributed by atoms with Gasteiger partial charge < -0.3 is 20.9 Å². The van der Waals surface area contributed by atoms with E-state index in [1.165, 1.54) is 11.3 Å². The van der Waals surface area contributed by atoms with Gasteiger partial charge in [0.15, 0.2) is 0 Å². The Morgan fingerprint density at radius 3 is 2.90 bits per heavy atom. The lowest BCUT2D eigenvalue weighted by atomic mass is 10.2. The number of fused-ring (bicyclic) bond motifs is 1. The van der Waals surface area contributed by atoms with Gasteiger partial charge in [0.2, 0.25) is 0 Å². The first-order chi connectivity index (χ1) is 9.99. The van der Waals surface area contributed by atoms with Gasteiger partial charge in [0.1, 0.15) is 9.71 Å². The molecule has 0 saturated carbocycles. The first-order valence-corrected chi connectivity index (χ1v) is 7.43. The Kier molecular flexibility index (Phi) is 4.81. The predicted octanol–water partition coefficient (Wildman–Crippen LogP) is 0.653. The fraction of sp³-hybridized carbons (Fsp3) is 0.538. The van der Waals surface area contributed by atoms with Gasteiger partial charge in [0.05, 0.1) is 29.4 Å². The highest BCUT2D eigenvalue weighted by Gasteiger charge is 2.22. The smallest absolute Gasteiger partial charge is 0.263 e. The van der Waals surface area contributed by atoms with Crippen LogP contribution in [0.25, 0.3) is 10.2 Å². The molecule has 0 aliphatic heterocycles. The van der Waals surface area contributed by atoms with Crippen LogP contribution < -0.4 is 11.1 Å². The number of aliphatic hydroxyl groups is 1. The van der Waals surface area contributed by atoms with Crippen molar-refractivity contribution in [3.8, 4) is 0 Å². The summed E-state index contributed by atoms with van der Waals surface area (Å²) < 4.78 is 6.76. The van der Waals surface area contributed by atoms with Crippen LogP contribution in [0.2, 0.25) is 0 Å². The molecule has 0 aliphatic rings. The van der Waals surface area contributed by atoms with Crippen molar-refractivity contribution in [3.63, 3.8) is 0 Å². The molecule has 7 nitrogen and oxygen atoms in total. The maximum absolute atomic E-state index is 12.4. The van der Waals surface area contributed by atoms with Gasteiger partial charge in [-0.25, -0.2) is 0 Å². The number of nitrogens with two attached hydrogens (primary N) is 1. The maximum Gasteiger partial charge on any atom is 0.263 e. The van der Waals surface area contributed by atoms with Crippen LogP contribution in [-0.4, -0.2) is 47.2 Å². The lowest BCUT2D eigenvalue weighted by Gasteiger charge is -2.16. The third kappa shape index (κ3) is 3.02. The number of thiophene rings is 1. The summed E-state index contributed by atoms with van der Waals surface area (Å²) in [7, 11) is 3.38. The highest BCUT2D eigenvalue weighted by Crippen LogP contribution is 2.35. The number of ether oxygens (including phenoxy) is 1. The molecule has 2 rings (SSSR count). The molecule has 21 heavy (non-hydrogen) atoms. The van der Waals surface area contributed by atoms with E-state index in [4.69, 9.17) is 15.6 Å². The second-order valence-corrected chi connectivity index (χ2v) is 5.87. The summed E-state index contributed by atoms with van der Waals surface area (Å²) >= 11 is 1.32. The lowest BCUT2D eigenvalue weighted by molar-refractivity contribution is 0.0883. The molecule has 2 heterocycles. The fourth-order valence-electron chi connectivity index (χ4n) is 2.30. The van der Waals surface area contributed by atoms with Gasteiger partial charge in [-0.1, -0.05) is 0 Å². The molecule has 0 bridgehead atoms. The summed E-state index contributed by atoms with van der Waals surface area (Å²) in [6.07, 6.45) is 0.435. The van der Waals surface area contributed by atoms with Crippen LogP contribution in [0.15, 0.2) is 0 Å². The summed E-state index contributed by atoms with van der Waals surface area (Å²) in [4.78, 5) is 13.7. The molecule has 2 aromatic heterocycles. The summed E-state index contributed by atoms with van der Waals surface area (Å²) in [5, 5.41) is 17.0. The Labute approximate surface area is 126 Å². The Morgan fingerprint density at radius 2 is 2.33 bits per heavy atom. The fourth-order valence-corrected chi connectivity index (χ4v) is 3.39. The van der Waals surface area contributed by atoms with Gasteiger partial charge in [0.25, 0.3) is 5.91 Å². The number of carbonyl (C=O) groups is 1. The molecule has 0 spiro atoms. The monoisotopic (exact) mass is 312 g/mol. The molecular weight excluding hydrogens is 292 g/mol. The number of hydrogen-bond donors (Lipinski definition) is 3. The number of aromatic nitrogens is 2. The van der Waals surface area contributed by atoms with E-state index in [0.717, 1.165) is 15.9 Å². The number of carbonyl (C=O) groups excluding carboxylic acids is 1. The predicted molar refractivity (Wildman–Crippen MR) is 82.6 cm³/mol. The van der Waals surface area contributed by atoms with E-state index in [-0.39, 0.29) is 18.6 Å². The molecule has 0 aliphatic carbocycles. The van der Waals surface area contributed by atoms with Crippen molar-refractivity contribution in [2.24, 2.45) is 7.05 Å². The minimum atomic E-state index is -0.247. The van der Waals surface area contributed by atoms with E-state index < -0.39 is 0 Å². The van der Waals surface area contributed by atoms with E-state index >= 15 is 0 Å². The van der Waals surface area contributed by atoms with E-state index in [1.54, 1.807) is 11.8 Å². The van der Waals surface area contributed by atoms with Crippen LogP contribution in [0.1, 0.15) is 21.8 Å². The maximum atomic E-state index is 12.4. The number of amides is 1. The Balaban J connectivity index is 2.27. The highest BCUT2D eigenvalue weighted by atomic mass is 32.1. The molecule has 0 saturated heterocycles. The van der Waals surface area contributed by atoms with Crippen molar-refractivity contribution in [3.05, 3.63) is 10.6 Å². The molecule has 116 valence electrons. The number of aliphatic hydroxyl groups excluding tert-OH is 1. The molecule has 0 radical (unpaired) electrons. The Bertz CT molecular complexity index is 643. The zero-order chi connectivity index (χ0) is 15.6. The van der Waals surface area contributed by atoms with Gasteiger partial charge >= 0.3 is 0 Å². The van der Waals surface area contributed by atoms with E-state index in [9.17, 15) is 4.79 Å². The standard InChI is InChI=1S/C13H20N4O3S/c1-7-9-10(14)11(21-13(9)17(2)16-7)12(19)15-8(4-5-18)6-20-3/h8,18H,4-6,14H2,1-3H3,(H,15,19). The van der Waals surface area contributed by atoms with E-state index in [2.05, 4.69) is 10.4 Å². The molecule has 1 amide bonds. The van der Waals surface area contributed by atoms with Gasteiger partial charge in [-0.2, -0.15) is 5.10 Å². The van der Waals surface area contributed by atoms with Crippen molar-refractivity contribution < 1.29 is 14.6 Å². The average Bonchev–Trinajstić information content (AvgIpc) is 2.90. The molecular formula is C13H20N4O3S. The van der Waals surface area contributed by atoms with Gasteiger partial charge in [-0.3, -0.25) is 9.48 Å². The number of hydrogen-bond acceptors (Lipinski definition) is 6. The zero-order valence-corrected chi connectivity index (χ0v) is 13.2. The highest BCUT2D eigenvalue weighted by molar-refractivity contribution is 7.21. The van der Waals surface area contributed by atoms with Crippen LogP contribution in [0, 0.1) is 6.92 Å². The van der Waals surface area contributed by atoms with E-state index in [0.29, 0.717) is 23.6 Å². The van der Waals surface area contributed by atoms with Gasteiger partial charge in [-0.15, -0.1) is 11.3 Å². The van der Waals surface area contributed by atoms with Crippen molar-refractivity contribution in [1.82, 2.24) is 15.1 Å². The SMILES string of the molecule is COCC(CCO)NC(=O)c1sc2c(c(C)nn2C)c1N. The van der Waals surface area contributed by atoms with Crippen LogP contribution in [0.3, 0.4) is 0 Å². The molecule has 0 aromatic carbocycles. The molecule has 1 unspecified atom stereocenters. The largest absolute Gasteiger partial charge is 0.397 e. The average molecular weight is 312 g/mol. The Hall–Kier alpha value is -1.64. The molecule has 0 fully saturated rings. The summed E-state index contributed by atoms with van der Waals surface area (Å²) in [6, 6.07) is -0.240. The summed E-state index contributed by atoms with van der Waals surface area (Å²) in [6.45, 7) is 2.20. The normalized spacial score (nSPS) is 12.8. The lowest BCUT2D eigenvalue weighted by Crippen LogP contribution is -2.38. The summed E-state index contributed by atoms with van der Waals surface area (Å²) in [5.41, 5.74) is 7.36. The third-order valence-electron chi connectivity index (χ3n) is 3.27. The molecule has 1 atom stereocenters. The minimum Gasteiger partial charge on any atom is -0.397 e. The van der Waals surface area contributed by atoms with Crippen molar-refractivity contribution >= 4 is 33.1 Å². The number of nitrogens with zero attached hydrogens (tertiary/aromatic N) is 2. The zero-order valence-electron chi connectivity index (χ0n) is 12.3. The Morgan fingerprint density at radius 1 is 1.62 bits per heavy atom.